The Kier molecular flexibility index (Phi) is 6.02. The number of amides is 1. The van der Waals surface area contributed by atoms with E-state index in [0.29, 0.717) is 23.8 Å². The second-order valence-corrected chi connectivity index (χ2v) is 11.8. The molecule has 2 bridgehead atoms. The number of halogens is 3. The van der Waals surface area contributed by atoms with Crippen LogP contribution in [0.25, 0.3) is 16.7 Å². The van der Waals surface area contributed by atoms with Crippen LogP contribution in [0.15, 0.2) is 52.6 Å². The Balaban J connectivity index is 1.32. The number of allylic oxidation sites excluding steroid dienone is 2. The highest BCUT2D eigenvalue weighted by Gasteiger charge is 2.45. The molecule has 214 valence electrons. The van der Waals surface area contributed by atoms with Crippen LogP contribution >= 0.6 is 0 Å². The molecular formula is C30H29F3N4O4. The first-order chi connectivity index (χ1) is 19.6. The van der Waals surface area contributed by atoms with Crippen molar-refractivity contribution in [1.82, 2.24) is 14.9 Å². The number of rotatable bonds is 4. The van der Waals surface area contributed by atoms with Crippen molar-refractivity contribution in [3.05, 3.63) is 75.2 Å². The quantitative estimate of drug-likeness (QED) is 0.416. The lowest BCUT2D eigenvalue weighted by molar-refractivity contribution is -0.211. The van der Waals surface area contributed by atoms with E-state index in [9.17, 15) is 28.6 Å². The minimum absolute atomic E-state index is 0.00817. The first kappa shape index (κ1) is 26.2. The number of hydrogen-bond donors (Lipinski definition) is 3. The Bertz CT molecular complexity index is 1690. The molecule has 1 aliphatic heterocycles. The minimum atomic E-state index is -2.46. The molecule has 2 saturated carbocycles. The number of fused-ring (bicyclic) bond motifs is 2. The maximum Gasteiger partial charge on any atom is 0.260 e. The van der Waals surface area contributed by atoms with Gasteiger partial charge in [-0.1, -0.05) is 0 Å². The summed E-state index contributed by atoms with van der Waals surface area (Å²) in [7, 11) is 0. The van der Waals surface area contributed by atoms with E-state index >= 15 is 4.39 Å². The number of carbonyl (C=O) groups is 1. The fourth-order valence-corrected chi connectivity index (χ4v) is 7.30. The summed E-state index contributed by atoms with van der Waals surface area (Å²) >= 11 is 0. The average Bonchev–Trinajstić information content (AvgIpc) is 3.48. The van der Waals surface area contributed by atoms with Crippen molar-refractivity contribution < 1.29 is 28.2 Å². The van der Waals surface area contributed by atoms with Crippen LogP contribution in [0.5, 0.6) is 0 Å². The molecule has 3 unspecified atom stereocenters. The monoisotopic (exact) mass is 566 g/mol. The zero-order valence-corrected chi connectivity index (χ0v) is 22.1. The number of benzene rings is 1. The standard InChI is InChI=1S/C30H29F3N4O4/c31-17-2-5-24(22(32)12-17)37-13-21(29(39)34-23-11-15-9-16-1-3-18(23)20(16)10-15)27(38)19-4-6-26(35-28(19)37)36-8-7-30(40,41)25(33)14-36/h2,4-6,12-13,15-16,20,25,40-41H,1,3,7-11,14H2,(H,34,39)/t15?,16?,20?,25-/m1/s1. The number of aliphatic hydroxyl groups is 2. The van der Waals surface area contributed by atoms with Gasteiger partial charge in [0, 0.05) is 30.9 Å². The van der Waals surface area contributed by atoms with Crippen molar-refractivity contribution in [2.75, 3.05) is 18.0 Å². The number of alkyl halides is 1. The van der Waals surface area contributed by atoms with Gasteiger partial charge in [0.05, 0.1) is 17.6 Å². The van der Waals surface area contributed by atoms with Gasteiger partial charge in [-0.15, -0.1) is 0 Å². The Morgan fingerprint density at radius 3 is 2.76 bits per heavy atom. The van der Waals surface area contributed by atoms with Crippen LogP contribution in [0.3, 0.4) is 0 Å². The highest BCUT2D eigenvalue weighted by molar-refractivity contribution is 5.98. The smallest absolute Gasteiger partial charge is 0.260 e. The minimum Gasteiger partial charge on any atom is -0.363 e. The maximum absolute atomic E-state index is 15.1. The van der Waals surface area contributed by atoms with Gasteiger partial charge in [-0.2, -0.15) is 0 Å². The number of nitrogens with one attached hydrogen (secondary N) is 1. The van der Waals surface area contributed by atoms with Crippen molar-refractivity contribution in [2.24, 2.45) is 17.8 Å². The molecule has 4 aliphatic rings. The summed E-state index contributed by atoms with van der Waals surface area (Å²) in [6, 6.07) is 5.87. The molecular weight excluding hydrogens is 537 g/mol. The Morgan fingerprint density at radius 2 is 1.98 bits per heavy atom. The van der Waals surface area contributed by atoms with Crippen LogP contribution < -0.4 is 15.6 Å². The molecule has 0 spiro atoms. The van der Waals surface area contributed by atoms with E-state index in [1.54, 1.807) is 0 Å². The second-order valence-electron chi connectivity index (χ2n) is 11.8. The number of aromatic nitrogens is 2. The molecule has 3 N–H and O–H groups in total. The third-order valence-corrected chi connectivity index (χ3v) is 9.38. The fourth-order valence-electron chi connectivity index (χ4n) is 7.30. The topological polar surface area (TPSA) is 108 Å². The number of piperidine rings is 1. The molecule has 3 aromatic rings. The van der Waals surface area contributed by atoms with Crippen LogP contribution in [0.2, 0.25) is 0 Å². The molecule has 8 nitrogen and oxygen atoms in total. The van der Waals surface area contributed by atoms with E-state index in [2.05, 4.69) is 10.3 Å². The van der Waals surface area contributed by atoms with E-state index < -0.39 is 34.9 Å². The van der Waals surface area contributed by atoms with Crippen molar-refractivity contribution in [3.63, 3.8) is 0 Å². The predicted octanol–water partition coefficient (Wildman–Crippen LogP) is 3.72. The summed E-state index contributed by atoms with van der Waals surface area (Å²) in [4.78, 5) is 33.2. The first-order valence-electron chi connectivity index (χ1n) is 14.0. The van der Waals surface area contributed by atoms with Gasteiger partial charge in [-0.05, 0) is 79.7 Å². The highest BCUT2D eigenvalue weighted by Crippen LogP contribution is 2.55. The maximum atomic E-state index is 15.1. The van der Waals surface area contributed by atoms with Crippen LogP contribution in [0, 0.1) is 29.4 Å². The Hall–Kier alpha value is -3.70. The SMILES string of the molecule is O=C(NC1=C2CCC3CC(C1)CC23)c1cn(-c2ccc(F)cc2F)c2nc(N3CCC(O)(O)[C@H](F)C3)ccc2c1=O. The summed E-state index contributed by atoms with van der Waals surface area (Å²) in [5, 5.41) is 22.6. The molecule has 11 heteroatoms. The van der Waals surface area contributed by atoms with Gasteiger partial charge >= 0.3 is 0 Å². The highest BCUT2D eigenvalue weighted by atomic mass is 19.1. The number of hydrogen-bond acceptors (Lipinski definition) is 6. The normalized spacial score (nSPS) is 26.6. The van der Waals surface area contributed by atoms with Gasteiger partial charge in [-0.3, -0.25) is 14.2 Å². The molecule has 3 aliphatic carbocycles. The summed E-state index contributed by atoms with van der Waals surface area (Å²) in [5.74, 6) is -2.86. The molecule has 1 amide bonds. The van der Waals surface area contributed by atoms with Gasteiger partial charge in [0.25, 0.3) is 5.91 Å². The van der Waals surface area contributed by atoms with Crippen LogP contribution in [-0.4, -0.2) is 50.7 Å². The average molecular weight is 567 g/mol. The fraction of sp³-hybridized carbons (Fsp3) is 0.433. The zero-order chi connectivity index (χ0) is 28.6. The van der Waals surface area contributed by atoms with Gasteiger partial charge in [0.1, 0.15) is 23.0 Å². The van der Waals surface area contributed by atoms with E-state index in [-0.39, 0.29) is 47.6 Å². The van der Waals surface area contributed by atoms with E-state index in [1.807, 2.05) is 0 Å². The summed E-state index contributed by atoms with van der Waals surface area (Å²) in [6.45, 7) is -0.288. The molecule has 41 heavy (non-hydrogen) atoms. The molecule has 3 fully saturated rings. The summed E-state index contributed by atoms with van der Waals surface area (Å²) in [5.41, 5.74) is 1.22. The molecule has 7 rings (SSSR count). The number of pyridine rings is 2. The van der Waals surface area contributed by atoms with Crippen molar-refractivity contribution in [1.29, 1.82) is 0 Å². The van der Waals surface area contributed by atoms with Gasteiger partial charge in [0.15, 0.2) is 17.6 Å². The molecule has 1 aromatic carbocycles. The third kappa shape index (κ3) is 4.33. The molecule has 3 heterocycles. The molecule has 2 aromatic heterocycles. The Morgan fingerprint density at radius 1 is 1.15 bits per heavy atom. The number of anilines is 1. The lowest BCUT2D eigenvalue weighted by atomic mass is 9.86. The van der Waals surface area contributed by atoms with Crippen molar-refractivity contribution in [2.45, 2.75) is 50.5 Å². The first-order valence-corrected chi connectivity index (χ1v) is 14.0. The van der Waals surface area contributed by atoms with Crippen LogP contribution in [0.4, 0.5) is 19.0 Å². The van der Waals surface area contributed by atoms with E-state index in [1.165, 1.54) is 39.4 Å². The summed E-state index contributed by atoms with van der Waals surface area (Å²) < 4.78 is 44.5. The number of nitrogens with zero attached hydrogens (tertiary/aromatic N) is 3. The van der Waals surface area contributed by atoms with Crippen molar-refractivity contribution in [3.8, 4) is 5.69 Å². The zero-order valence-electron chi connectivity index (χ0n) is 22.1. The predicted molar refractivity (Wildman–Crippen MR) is 144 cm³/mol. The van der Waals surface area contributed by atoms with E-state index in [4.69, 9.17) is 0 Å². The number of carbonyl (C=O) groups excluding carboxylic acids is 1. The largest absolute Gasteiger partial charge is 0.363 e. The molecule has 4 atom stereocenters. The molecule has 0 radical (unpaired) electrons. The Labute approximate surface area is 233 Å². The lowest BCUT2D eigenvalue weighted by Crippen LogP contribution is -2.53. The van der Waals surface area contributed by atoms with Gasteiger partial charge < -0.3 is 20.4 Å². The van der Waals surface area contributed by atoms with Gasteiger partial charge in [-0.25, -0.2) is 18.2 Å². The van der Waals surface area contributed by atoms with E-state index in [0.717, 1.165) is 43.9 Å². The van der Waals surface area contributed by atoms with Crippen molar-refractivity contribution >= 4 is 22.8 Å². The van der Waals surface area contributed by atoms with Crippen LogP contribution in [0.1, 0.15) is 48.9 Å². The molecule has 1 saturated heterocycles. The van der Waals surface area contributed by atoms with Crippen LogP contribution in [-0.2, 0) is 0 Å². The third-order valence-electron chi connectivity index (χ3n) is 9.38. The second kappa shape index (κ2) is 9.42. The van der Waals surface area contributed by atoms with Gasteiger partial charge in [0.2, 0.25) is 5.43 Å². The lowest BCUT2D eigenvalue weighted by Gasteiger charge is -2.37. The summed E-state index contributed by atoms with van der Waals surface area (Å²) in [6.07, 6.45) is 4.12.